The molecule has 12 heavy (non-hydrogen) atoms. The molecule has 0 fully saturated rings. The molecule has 0 aliphatic carbocycles. The molecule has 0 heterocycles. The number of carbonyl (C=O) groups excluding carboxylic acids is 1. The molecule has 0 spiro atoms. The zero-order chi connectivity index (χ0) is 8.97. The summed E-state index contributed by atoms with van der Waals surface area (Å²) in [4.78, 5) is 9.96. The van der Waals surface area contributed by atoms with E-state index in [-0.39, 0.29) is 5.56 Å². The van der Waals surface area contributed by atoms with Gasteiger partial charge in [-0.15, -0.1) is 0 Å². The second-order valence-electron chi connectivity index (χ2n) is 2.17. The Balaban J connectivity index is 2.89. The minimum Gasteiger partial charge on any atom is -0.545 e. The molecule has 1 aromatic carbocycles. The lowest BCUT2D eigenvalue weighted by Crippen LogP contribution is -2.18. The van der Waals surface area contributed by atoms with Gasteiger partial charge >= 0.3 is 0 Å². The summed E-state index contributed by atoms with van der Waals surface area (Å²) in [7, 11) is 0. The maximum Gasteiger partial charge on any atom is 0.130 e. The van der Waals surface area contributed by atoms with Gasteiger partial charge in [-0.05, 0) is 12.1 Å². The SMILES string of the molecule is O=C([O-])/C=C/c1ccccc1F. The van der Waals surface area contributed by atoms with Gasteiger partial charge < -0.3 is 9.90 Å². The molecule has 0 saturated heterocycles. The maximum atomic E-state index is 12.8. The Morgan fingerprint density at radius 2 is 2.08 bits per heavy atom. The van der Waals surface area contributed by atoms with Crippen molar-refractivity contribution in [1.82, 2.24) is 0 Å². The normalized spacial score (nSPS) is 10.4. The van der Waals surface area contributed by atoms with Crippen molar-refractivity contribution in [3.8, 4) is 0 Å². The summed E-state index contributed by atoms with van der Waals surface area (Å²) < 4.78 is 12.8. The Bertz CT molecular complexity index is 318. The largest absolute Gasteiger partial charge is 0.545 e. The molecule has 2 nitrogen and oxygen atoms in total. The fourth-order valence-corrected chi connectivity index (χ4v) is 0.768. The molecule has 0 radical (unpaired) electrons. The lowest BCUT2D eigenvalue weighted by Gasteiger charge is -1.95. The standard InChI is InChI=1S/C9H7FO2/c10-8-4-2-1-3-7(8)5-6-9(11)12/h1-6H,(H,11,12)/p-1/b6-5+. The molecule has 0 unspecified atom stereocenters. The minimum atomic E-state index is -1.33. The average molecular weight is 165 g/mol. The number of benzene rings is 1. The lowest BCUT2D eigenvalue weighted by molar-refractivity contribution is -0.297. The van der Waals surface area contributed by atoms with Crippen molar-refractivity contribution < 1.29 is 14.3 Å². The molecule has 1 aromatic rings. The minimum absolute atomic E-state index is 0.238. The van der Waals surface area contributed by atoms with E-state index < -0.39 is 11.8 Å². The summed E-state index contributed by atoms with van der Waals surface area (Å²) >= 11 is 0. The van der Waals surface area contributed by atoms with E-state index >= 15 is 0 Å². The Labute approximate surface area is 69.0 Å². The van der Waals surface area contributed by atoms with Gasteiger partial charge in [0.1, 0.15) is 5.82 Å². The number of halogens is 1. The zero-order valence-corrected chi connectivity index (χ0v) is 6.16. The highest BCUT2D eigenvalue weighted by atomic mass is 19.1. The summed E-state index contributed by atoms with van der Waals surface area (Å²) in [6.07, 6.45) is 1.95. The number of hydrogen-bond donors (Lipinski definition) is 0. The van der Waals surface area contributed by atoms with Crippen molar-refractivity contribution in [2.24, 2.45) is 0 Å². The van der Waals surface area contributed by atoms with Gasteiger partial charge in [-0.2, -0.15) is 0 Å². The summed E-state index contributed by atoms with van der Waals surface area (Å²) in [6.45, 7) is 0. The summed E-state index contributed by atoms with van der Waals surface area (Å²) in [5.74, 6) is -1.78. The predicted octanol–water partition coefficient (Wildman–Crippen LogP) is 0.589. The third kappa shape index (κ3) is 2.20. The van der Waals surface area contributed by atoms with Crippen LogP contribution >= 0.6 is 0 Å². The van der Waals surface area contributed by atoms with Crippen molar-refractivity contribution in [1.29, 1.82) is 0 Å². The summed E-state index contributed by atoms with van der Waals surface area (Å²) in [6, 6.07) is 5.90. The highest BCUT2D eigenvalue weighted by molar-refractivity contribution is 5.83. The van der Waals surface area contributed by atoms with Crippen molar-refractivity contribution in [2.45, 2.75) is 0 Å². The quantitative estimate of drug-likeness (QED) is 0.601. The van der Waals surface area contributed by atoms with Gasteiger partial charge in [0.05, 0.1) is 5.97 Å². The van der Waals surface area contributed by atoms with Crippen LogP contribution in [0.5, 0.6) is 0 Å². The number of carboxylic acid groups (broad SMARTS) is 1. The second kappa shape index (κ2) is 3.67. The molecule has 0 aliphatic rings. The van der Waals surface area contributed by atoms with Crippen LogP contribution in [0.25, 0.3) is 6.08 Å². The van der Waals surface area contributed by atoms with E-state index in [2.05, 4.69) is 0 Å². The first kappa shape index (κ1) is 8.46. The highest BCUT2D eigenvalue weighted by Crippen LogP contribution is 2.07. The average Bonchev–Trinajstić information content (AvgIpc) is 2.03. The monoisotopic (exact) mass is 165 g/mol. The molecule has 0 bridgehead atoms. The van der Waals surface area contributed by atoms with Gasteiger partial charge in [0.25, 0.3) is 0 Å². The Morgan fingerprint density at radius 3 is 2.67 bits per heavy atom. The molecular weight excluding hydrogens is 159 g/mol. The van der Waals surface area contributed by atoms with E-state index in [1.807, 2.05) is 0 Å². The first-order valence-corrected chi connectivity index (χ1v) is 3.34. The molecule has 0 N–H and O–H groups in total. The second-order valence-corrected chi connectivity index (χ2v) is 2.17. The van der Waals surface area contributed by atoms with Crippen LogP contribution in [0.1, 0.15) is 5.56 Å². The number of hydrogen-bond acceptors (Lipinski definition) is 2. The molecule has 0 aliphatic heterocycles. The Hall–Kier alpha value is -1.64. The zero-order valence-electron chi connectivity index (χ0n) is 6.16. The molecule has 62 valence electrons. The number of carbonyl (C=O) groups is 1. The van der Waals surface area contributed by atoms with Gasteiger partial charge in [-0.25, -0.2) is 4.39 Å². The fraction of sp³-hybridized carbons (Fsp3) is 0. The van der Waals surface area contributed by atoms with Gasteiger partial charge in [-0.3, -0.25) is 0 Å². The van der Waals surface area contributed by atoms with E-state index in [9.17, 15) is 14.3 Å². The van der Waals surface area contributed by atoms with Crippen LogP contribution in [0, 0.1) is 5.82 Å². The van der Waals surface area contributed by atoms with Gasteiger partial charge in [0.15, 0.2) is 0 Å². The van der Waals surface area contributed by atoms with E-state index in [0.717, 1.165) is 12.2 Å². The Kier molecular flexibility index (Phi) is 2.58. The van der Waals surface area contributed by atoms with Crippen LogP contribution in [0.2, 0.25) is 0 Å². The van der Waals surface area contributed by atoms with Crippen molar-refractivity contribution in [2.75, 3.05) is 0 Å². The Morgan fingerprint density at radius 1 is 1.42 bits per heavy atom. The van der Waals surface area contributed by atoms with Crippen molar-refractivity contribution in [3.63, 3.8) is 0 Å². The summed E-state index contributed by atoms with van der Waals surface area (Å²) in [5, 5.41) is 9.96. The van der Waals surface area contributed by atoms with E-state index in [4.69, 9.17) is 0 Å². The lowest BCUT2D eigenvalue weighted by atomic mass is 10.2. The van der Waals surface area contributed by atoms with E-state index in [1.54, 1.807) is 6.07 Å². The highest BCUT2D eigenvalue weighted by Gasteiger charge is 1.93. The number of carboxylic acids is 1. The predicted molar refractivity (Wildman–Crippen MR) is 40.4 cm³/mol. The molecule has 1 rings (SSSR count). The number of aliphatic carboxylic acids is 1. The molecule has 3 heteroatoms. The third-order valence-electron chi connectivity index (χ3n) is 1.30. The van der Waals surface area contributed by atoms with Crippen LogP contribution in [0.4, 0.5) is 4.39 Å². The molecule has 0 saturated carbocycles. The smallest absolute Gasteiger partial charge is 0.130 e. The molecule has 0 amide bonds. The van der Waals surface area contributed by atoms with Crippen LogP contribution in [0.15, 0.2) is 30.3 Å². The molecule has 0 aromatic heterocycles. The van der Waals surface area contributed by atoms with Gasteiger partial charge in [0.2, 0.25) is 0 Å². The van der Waals surface area contributed by atoms with E-state index in [0.29, 0.717) is 0 Å². The first-order chi connectivity index (χ1) is 5.70. The van der Waals surface area contributed by atoms with Crippen LogP contribution in [-0.2, 0) is 4.79 Å². The first-order valence-electron chi connectivity index (χ1n) is 3.34. The fourth-order valence-electron chi connectivity index (χ4n) is 0.768. The van der Waals surface area contributed by atoms with Crippen molar-refractivity contribution in [3.05, 3.63) is 41.7 Å². The van der Waals surface area contributed by atoms with Gasteiger partial charge in [-0.1, -0.05) is 24.3 Å². The maximum absolute atomic E-state index is 12.8. The van der Waals surface area contributed by atoms with Crippen LogP contribution < -0.4 is 5.11 Å². The third-order valence-corrected chi connectivity index (χ3v) is 1.30. The van der Waals surface area contributed by atoms with Crippen molar-refractivity contribution >= 4 is 12.0 Å². The molecule has 0 atom stereocenters. The van der Waals surface area contributed by atoms with Gasteiger partial charge in [0, 0.05) is 5.56 Å². The molecular formula is C9H6FO2-. The van der Waals surface area contributed by atoms with Crippen LogP contribution in [-0.4, -0.2) is 5.97 Å². The number of rotatable bonds is 2. The summed E-state index contributed by atoms with van der Waals surface area (Å²) in [5.41, 5.74) is 0.238. The van der Waals surface area contributed by atoms with E-state index in [1.165, 1.54) is 18.2 Å². The van der Waals surface area contributed by atoms with Crippen LogP contribution in [0.3, 0.4) is 0 Å². The topological polar surface area (TPSA) is 40.1 Å².